The number of imide groups is 2. The van der Waals surface area contributed by atoms with Gasteiger partial charge in [0.1, 0.15) is 11.6 Å². The van der Waals surface area contributed by atoms with Gasteiger partial charge in [0.15, 0.2) is 0 Å². The van der Waals surface area contributed by atoms with Crippen molar-refractivity contribution >= 4 is 52.5 Å². The number of phenols is 1. The lowest BCUT2D eigenvalue weighted by atomic mass is 9.51. The number of anilines is 1. The zero-order valence-corrected chi connectivity index (χ0v) is 21.4. The number of rotatable bonds is 2. The first kappa shape index (κ1) is 25.0. The summed E-state index contributed by atoms with van der Waals surface area (Å²) in [5.41, 5.74) is -0.0995. The molecule has 0 bridgehead atoms. The highest BCUT2D eigenvalue weighted by atomic mass is 35.5. The molecule has 11 heteroatoms. The molecule has 4 amide bonds. The summed E-state index contributed by atoms with van der Waals surface area (Å²) in [5.74, 6) is -7.31. The molecule has 0 aromatic heterocycles. The summed E-state index contributed by atoms with van der Waals surface area (Å²) in [4.78, 5) is 54.6. The highest BCUT2D eigenvalue weighted by Gasteiger charge is 2.67. The Morgan fingerprint density at radius 3 is 2.39 bits per heavy atom. The van der Waals surface area contributed by atoms with E-state index in [0.717, 1.165) is 11.0 Å². The number of aromatic hydroxyl groups is 1. The lowest BCUT2D eigenvalue weighted by Gasteiger charge is -2.49. The Morgan fingerprint density at radius 2 is 1.71 bits per heavy atom. The first-order chi connectivity index (χ1) is 18.0. The predicted octanol–water partition coefficient (Wildman–Crippen LogP) is 4.46. The fourth-order valence-electron chi connectivity index (χ4n) is 6.96. The number of carbonyl (C=O) groups is 4. The minimum atomic E-state index is -1.36. The van der Waals surface area contributed by atoms with E-state index in [2.05, 4.69) is 0 Å². The summed E-state index contributed by atoms with van der Waals surface area (Å²) in [6.07, 6.45) is 2.06. The average molecular weight is 559 g/mol. The van der Waals surface area contributed by atoms with Gasteiger partial charge in [-0.1, -0.05) is 40.9 Å². The van der Waals surface area contributed by atoms with Crippen molar-refractivity contribution < 1.29 is 33.9 Å². The molecule has 3 fully saturated rings. The quantitative estimate of drug-likeness (QED) is 0.319. The lowest BCUT2D eigenvalue weighted by molar-refractivity contribution is -0.173. The topological polar surface area (TPSA) is 115 Å². The Labute approximate surface area is 226 Å². The van der Waals surface area contributed by atoms with Gasteiger partial charge in [-0.25, -0.2) is 9.29 Å². The SMILES string of the molecule is CC12C(=O)N(c3ccc(F)c(Cl)c3)C(=O)C1CC1C(=CCC3C(=O)N(O)C(=O)C31)C2c1ccc(O)cc1Cl. The molecular formula is C27H21Cl2FN2O6. The van der Waals surface area contributed by atoms with E-state index >= 15 is 0 Å². The third kappa shape index (κ3) is 3.18. The molecule has 2 aromatic rings. The summed E-state index contributed by atoms with van der Waals surface area (Å²) in [5, 5.41) is 20.2. The van der Waals surface area contributed by atoms with Crippen LogP contribution in [0, 0.1) is 34.9 Å². The molecule has 2 heterocycles. The van der Waals surface area contributed by atoms with Crippen molar-refractivity contribution in [2.45, 2.75) is 25.7 Å². The van der Waals surface area contributed by atoms with Gasteiger partial charge in [0.25, 0.3) is 11.8 Å². The summed E-state index contributed by atoms with van der Waals surface area (Å²) < 4.78 is 13.9. The van der Waals surface area contributed by atoms with Crippen LogP contribution < -0.4 is 4.90 Å². The van der Waals surface area contributed by atoms with Crippen molar-refractivity contribution in [1.82, 2.24) is 5.06 Å². The fourth-order valence-corrected chi connectivity index (χ4v) is 7.42. The van der Waals surface area contributed by atoms with E-state index in [-0.39, 0.29) is 39.4 Å². The second-order valence-electron chi connectivity index (χ2n) is 10.5. The Morgan fingerprint density at radius 1 is 0.974 bits per heavy atom. The van der Waals surface area contributed by atoms with Crippen molar-refractivity contribution in [2.75, 3.05) is 4.90 Å². The Balaban J connectivity index is 1.55. The summed E-state index contributed by atoms with van der Waals surface area (Å²) >= 11 is 12.5. The van der Waals surface area contributed by atoms with E-state index in [0.29, 0.717) is 11.1 Å². The molecule has 8 nitrogen and oxygen atoms in total. The van der Waals surface area contributed by atoms with E-state index in [9.17, 15) is 33.9 Å². The van der Waals surface area contributed by atoms with Crippen LogP contribution in [-0.2, 0) is 19.2 Å². The second-order valence-corrected chi connectivity index (χ2v) is 11.3. The fraction of sp³-hybridized carbons (Fsp3) is 0.333. The van der Waals surface area contributed by atoms with Crippen LogP contribution in [-0.4, -0.2) is 39.0 Å². The second kappa shape index (κ2) is 8.36. The third-order valence-electron chi connectivity index (χ3n) is 8.71. The molecule has 1 saturated carbocycles. The number of amides is 4. The monoisotopic (exact) mass is 558 g/mol. The van der Waals surface area contributed by atoms with Crippen LogP contribution in [0.5, 0.6) is 5.75 Å². The van der Waals surface area contributed by atoms with E-state index in [1.165, 1.54) is 24.3 Å². The van der Waals surface area contributed by atoms with Gasteiger partial charge < -0.3 is 5.11 Å². The molecule has 2 aliphatic carbocycles. The molecule has 196 valence electrons. The van der Waals surface area contributed by atoms with Gasteiger partial charge in [-0.05, 0) is 61.6 Å². The lowest BCUT2D eigenvalue weighted by Crippen LogP contribution is -2.48. The molecule has 0 spiro atoms. The minimum Gasteiger partial charge on any atom is -0.508 e. The van der Waals surface area contributed by atoms with Crippen LogP contribution >= 0.6 is 23.2 Å². The highest BCUT2D eigenvalue weighted by molar-refractivity contribution is 6.32. The van der Waals surface area contributed by atoms with Crippen LogP contribution in [0.1, 0.15) is 31.2 Å². The molecule has 2 aromatic carbocycles. The number of carbonyl (C=O) groups excluding carboxylic acids is 4. The molecule has 6 unspecified atom stereocenters. The summed E-state index contributed by atoms with van der Waals surface area (Å²) in [7, 11) is 0. The highest BCUT2D eigenvalue weighted by Crippen LogP contribution is 2.64. The van der Waals surface area contributed by atoms with Gasteiger partial charge in [0.2, 0.25) is 11.8 Å². The standard InChI is InChI=1S/C27H21Cl2FN2O6/c1-27-17(24(35)31(26(27)37)11-2-7-20(30)19(29)8-11)10-16-13(22(27)14-4-3-12(33)9-18(14)28)5-6-15-21(16)25(36)32(38)23(15)34/h2-5,7-9,15-17,21-22,33,38H,6,10H2,1H3. The van der Waals surface area contributed by atoms with Gasteiger partial charge in [-0.2, -0.15) is 5.06 Å². The van der Waals surface area contributed by atoms with Crippen molar-refractivity contribution in [3.8, 4) is 5.75 Å². The predicted molar refractivity (Wildman–Crippen MR) is 133 cm³/mol. The summed E-state index contributed by atoms with van der Waals surface area (Å²) in [6.45, 7) is 1.67. The molecule has 6 atom stereocenters. The number of hydrogen-bond acceptors (Lipinski definition) is 6. The van der Waals surface area contributed by atoms with Crippen LogP contribution in [0.4, 0.5) is 10.1 Å². The molecule has 6 rings (SSSR count). The first-order valence-electron chi connectivity index (χ1n) is 12.0. The third-order valence-corrected chi connectivity index (χ3v) is 9.32. The number of fused-ring (bicyclic) bond motifs is 4. The van der Waals surface area contributed by atoms with Crippen molar-refractivity contribution in [3.05, 3.63) is 69.5 Å². The molecule has 0 radical (unpaired) electrons. The Kier molecular flexibility index (Phi) is 5.51. The smallest absolute Gasteiger partial charge is 0.257 e. The molecular weight excluding hydrogens is 538 g/mol. The maximum absolute atomic E-state index is 14.2. The molecule has 4 aliphatic rings. The Bertz CT molecular complexity index is 1490. The zero-order valence-electron chi connectivity index (χ0n) is 19.9. The number of phenolic OH excluding ortho intramolecular Hbond substituents is 1. The Hall–Kier alpha value is -3.27. The molecule has 2 N–H and O–H groups in total. The molecule has 2 aliphatic heterocycles. The summed E-state index contributed by atoms with van der Waals surface area (Å²) in [6, 6.07) is 7.92. The number of hydroxylamine groups is 2. The molecule has 2 saturated heterocycles. The van der Waals surface area contributed by atoms with Gasteiger partial charge in [-0.15, -0.1) is 0 Å². The number of halogens is 3. The van der Waals surface area contributed by atoms with Crippen molar-refractivity contribution in [3.63, 3.8) is 0 Å². The van der Waals surface area contributed by atoms with Gasteiger partial charge in [-0.3, -0.25) is 24.4 Å². The van der Waals surface area contributed by atoms with Crippen LogP contribution in [0.2, 0.25) is 10.0 Å². The largest absolute Gasteiger partial charge is 0.508 e. The van der Waals surface area contributed by atoms with E-state index in [1.807, 2.05) is 0 Å². The minimum absolute atomic E-state index is 0.0819. The number of hydrogen-bond donors (Lipinski definition) is 2. The molecule has 38 heavy (non-hydrogen) atoms. The van der Waals surface area contributed by atoms with Crippen molar-refractivity contribution in [1.29, 1.82) is 0 Å². The van der Waals surface area contributed by atoms with Gasteiger partial charge in [0.05, 0.1) is 33.9 Å². The van der Waals surface area contributed by atoms with Gasteiger partial charge in [0, 0.05) is 10.9 Å². The number of benzene rings is 2. The van der Waals surface area contributed by atoms with Crippen LogP contribution in [0.25, 0.3) is 0 Å². The maximum Gasteiger partial charge on any atom is 0.257 e. The van der Waals surface area contributed by atoms with E-state index in [4.69, 9.17) is 23.2 Å². The van der Waals surface area contributed by atoms with E-state index in [1.54, 1.807) is 19.1 Å². The van der Waals surface area contributed by atoms with E-state index < -0.39 is 64.5 Å². The zero-order chi connectivity index (χ0) is 27.3. The number of nitrogens with zero attached hydrogens (tertiary/aromatic N) is 2. The normalized spacial score (nSPS) is 32.3. The van der Waals surface area contributed by atoms with Crippen LogP contribution in [0.3, 0.4) is 0 Å². The average Bonchev–Trinajstić information content (AvgIpc) is 3.21. The maximum atomic E-state index is 14.2. The van der Waals surface area contributed by atoms with Gasteiger partial charge >= 0.3 is 0 Å². The van der Waals surface area contributed by atoms with Crippen LogP contribution in [0.15, 0.2) is 48.0 Å². The first-order valence-corrected chi connectivity index (χ1v) is 12.8. The van der Waals surface area contributed by atoms with Crippen molar-refractivity contribution in [2.24, 2.45) is 29.1 Å². The number of allylic oxidation sites excluding steroid dienone is 2.